The van der Waals surface area contributed by atoms with Crippen LogP contribution in [0.3, 0.4) is 0 Å². The van der Waals surface area contributed by atoms with Crippen molar-refractivity contribution in [2.24, 2.45) is 0 Å². The second-order valence-corrected chi connectivity index (χ2v) is 7.69. The molecule has 6 nitrogen and oxygen atoms in total. The third-order valence-corrected chi connectivity index (χ3v) is 5.47. The van der Waals surface area contributed by atoms with E-state index in [9.17, 15) is 0 Å². The van der Waals surface area contributed by atoms with E-state index >= 15 is 0 Å². The predicted molar refractivity (Wildman–Crippen MR) is 134 cm³/mol. The Kier molecular flexibility index (Phi) is 8.71. The topological polar surface area (TPSA) is 77.4 Å². The summed E-state index contributed by atoms with van der Waals surface area (Å²) in [6.45, 7) is 2.03. The average Bonchev–Trinajstić information content (AvgIpc) is 2.88. The van der Waals surface area contributed by atoms with Crippen molar-refractivity contribution >= 4 is 21.5 Å². The number of fused-ring (bicyclic) bond motifs is 2. The molecular formula is C28H30O6. The minimum Gasteiger partial charge on any atom is -0.491 e. The summed E-state index contributed by atoms with van der Waals surface area (Å²) < 4.78 is 23.2. The highest BCUT2D eigenvalue weighted by Gasteiger charge is 2.19. The number of aliphatic hydroxyl groups excluding tert-OH is 2. The molecule has 0 radical (unpaired) electrons. The van der Waals surface area contributed by atoms with Crippen molar-refractivity contribution < 1.29 is 29.2 Å². The Bertz CT molecular complexity index is 1110. The van der Waals surface area contributed by atoms with E-state index in [1.807, 2.05) is 36.4 Å². The van der Waals surface area contributed by atoms with Crippen LogP contribution in [-0.4, -0.2) is 63.1 Å². The van der Waals surface area contributed by atoms with Gasteiger partial charge in [-0.15, -0.1) is 0 Å². The molecule has 0 heterocycles. The maximum Gasteiger partial charge on any atom is 0.128 e. The number of rotatable bonds is 13. The lowest BCUT2D eigenvalue weighted by molar-refractivity contribution is 0.0703. The quantitative estimate of drug-likeness (QED) is 0.286. The Hall–Kier alpha value is -3.16. The first-order valence-electron chi connectivity index (χ1n) is 11.5. The largest absolute Gasteiger partial charge is 0.491 e. The summed E-state index contributed by atoms with van der Waals surface area (Å²) in [5.41, 5.74) is 1.92. The molecule has 0 bridgehead atoms. The zero-order valence-corrected chi connectivity index (χ0v) is 19.1. The summed E-state index contributed by atoms with van der Waals surface area (Å²) in [5.74, 6) is 1.48. The number of aliphatic hydroxyl groups is 2. The molecule has 34 heavy (non-hydrogen) atoms. The smallest absolute Gasteiger partial charge is 0.128 e. The van der Waals surface area contributed by atoms with E-state index in [1.54, 1.807) is 0 Å². The molecule has 0 aromatic heterocycles. The van der Waals surface area contributed by atoms with Crippen LogP contribution in [0.15, 0.2) is 72.8 Å². The lowest BCUT2D eigenvalue weighted by atomic mass is 9.92. The lowest BCUT2D eigenvalue weighted by Gasteiger charge is -2.20. The van der Waals surface area contributed by atoms with Gasteiger partial charge in [-0.2, -0.15) is 0 Å². The molecule has 4 aromatic carbocycles. The van der Waals surface area contributed by atoms with E-state index in [0.717, 1.165) is 44.2 Å². The highest BCUT2D eigenvalue weighted by Crippen LogP contribution is 2.45. The van der Waals surface area contributed by atoms with Gasteiger partial charge in [0.1, 0.15) is 24.7 Å². The van der Waals surface area contributed by atoms with Crippen LogP contribution in [0, 0.1) is 0 Å². The number of hydrogen-bond donors (Lipinski definition) is 2. The van der Waals surface area contributed by atoms with Crippen LogP contribution < -0.4 is 9.47 Å². The van der Waals surface area contributed by atoms with Crippen molar-refractivity contribution in [1.29, 1.82) is 0 Å². The fourth-order valence-corrected chi connectivity index (χ4v) is 4.01. The van der Waals surface area contributed by atoms with Crippen LogP contribution >= 0.6 is 0 Å². The van der Waals surface area contributed by atoms with E-state index in [1.165, 1.54) is 0 Å². The van der Waals surface area contributed by atoms with E-state index in [-0.39, 0.29) is 26.4 Å². The molecule has 0 atom stereocenters. The Balaban J connectivity index is 1.79. The third-order valence-electron chi connectivity index (χ3n) is 5.47. The maximum atomic E-state index is 8.94. The molecule has 4 aromatic rings. The summed E-state index contributed by atoms with van der Waals surface area (Å²) >= 11 is 0. The fraction of sp³-hybridized carbons (Fsp3) is 0.286. The Morgan fingerprint density at radius 3 is 1.35 bits per heavy atom. The van der Waals surface area contributed by atoms with Gasteiger partial charge in [0.25, 0.3) is 0 Å². The van der Waals surface area contributed by atoms with Gasteiger partial charge in [-0.1, -0.05) is 60.7 Å². The molecule has 0 amide bonds. The van der Waals surface area contributed by atoms with Crippen LogP contribution in [0.2, 0.25) is 0 Å². The summed E-state index contributed by atoms with van der Waals surface area (Å²) in [4.78, 5) is 0. The van der Waals surface area contributed by atoms with Gasteiger partial charge in [0, 0.05) is 11.1 Å². The Morgan fingerprint density at radius 2 is 0.912 bits per heavy atom. The molecule has 0 fully saturated rings. The number of ether oxygens (including phenoxy) is 4. The summed E-state index contributed by atoms with van der Waals surface area (Å²) in [5, 5.41) is 22.2. The Labute approximate surface area is 199 Å². The van der Waals surface area contributed by atoms with Gasteiger partial charge in [-0.3, -0.25) is 0 Å². The minimum absolute atomic E-state index is 0.0139. The zero-order valence-electron chi connectivity index (χ0n) is 19.1. The van der Waals surface area contributed by atoms with E-state index < -0.39 is 0 Å². The molecule has 4 rings (SSSR count). The standard InChI is InChI=1S/C28H30O6/c29-13-15-31-17-19-33-25-11-9-21-5-1-3-7-23(21)27(25)28-24-8-4-2-6-22(24)10-12-26(28)34-20-18-32-16-14-30/h1-12,29-30H,13-20H2. The molecule has 0 saturated carbocycles. The van der Waals surface area contributed by atoms with Gasteiger partial charge >= 0.3 is 0 Å². The van der Waals surface area contributed by atoms with Crippen molar-refractivity contribution in [3.63, 3.8) is 0 Å². The van der Waals surface area contributed by atoms with Gasteiger partial charge in [-0.25, -0.2) is 0 Å². The predicted octanol–water partition coefficient (Wildman–Crippen LogP) is 4.44. The molecular weight excluding hydrogens is 432 g/mol. The molecule has 0 aliphatic carbocycles. The van der Waals surface area contributed by atoms with Gasteiger partial charge in [0.15, 0.2) is 0 Å². The monoisotopic (exact) mass is 462 g/mol. The first-order valence-corrected chi connectivity index (χ1v) is 11.5. The highest BCUT2D eigenvalue weighted by molar-refractivity contribution is 6.09. The number of benzene rings is 4. The fourth-order valence-electron chi connectivity index (χ4n) is 4.01. The second-order valence-electron chi connectivity index (χ2n) is 7.69. The van der Waals surface area contributed by atoms with Crippen LogP contribution in [0.1, 0.15) is 0 Å². The minimum atomic E-state index is -0.0139. The van der Waals surface area contributed by atoms with Crippen LogP contribution in [0.25, 0.3) is 32.7 Å². The summed E-state index contributed by atoms with van der Waals surface area (Å²) in [6.07, 6.45) is 0. The van der Waals surface area contributed by atoms with Crippen molar-refractivity contribution in [1.82, 2.24) is 0 Å². The molecule has 0 spiro atoms. The SMILES string of the molecule is OCCOCCOc1ccc2ccccc2c1-c1c(OCCOCCO)ccc2ccccc12. The lowest BCUT2D eigenvalue weighted by Crippen LogP contribution is -2.11. The van der Waals surface area contributed by atoms with Crippen LogP contribution in [0.4, 0.5) is 0 Å². The zero-order chi connectivity index (χ0) is 23.6. The third kappa shape index (κ3) is 5.66. The summed E-state index contributed by atoms with van der Waals surface area (Å²) in [6, 6.07) is 24.5. The van der Waals surface area contributed by atoms with E-state index in [0.29, 0.717) is 26.4 Å². The molecule has 0 saturated heterocycles. The van der Waals surface area contributed by atoms with Crippen molar-refractivity contribution in [2.75, 3.05) is 52.9 Å². The normalized spacial score (nSPS) is 11.2. The maximum absolute atomic E-state index is 8.94. The van der Waals surface area contributed by atoms with Crippen LogP contribution in [0.5, 0.6) is 11.5 Å². The van der Waals surface area contributed by atoms with Gasteiger partial charge in [0.2, 0.25) is 0 Å². The van der Waals surface area contributed by atoms with E-state index in [2.05, 4.69) is 36.4 Å². The molecule has 0 unspecified atom stereocenters. The van der Waals surface area contributed by atoms with Gasteiger partial charge in [0.05, 0.1) is 39.6 Å². The van der Waals surface area contributed by atoms with E-state index in [4.69, 9.17) is 29.2 Å². The number of hydrogen-bond acceptors (Lipinski definition) is 6. The molecule has 0 aliphatic heterocycles. The summed E-state index contributed by atoms with van der Waals surface area (Å²) in [7, 11) is 0. The van der Waals surface area contributed by atoms with Crippen molar-refractivity contribution in [2.45, 2.75) is 0 Å². The molecule has 178 valence electrons. The molecule has 0 aliphatic rings. The first kappa shape index (κ1) is 24.0. The van der Waals surface area contributed by atoms with Crippen molar-refractivity contribution in [3.8, 4) is 22.6 Å². The highest BCUT2D eigenvalue weighted by atomic mass is 16.5. The van der Waals surface area contributed by atoms with Gasteiger partial charge in [-0.05, 0) is 33.7 Å². The first-order chi connectivity index (χ1) is 16.8. The molecule has 6 heteroatoms. The average molecular weight is 463 g/mol. The molecule has 2 N–H and O–H groups in total. The Morgan fingerprint density at radius 1 is 0.471 bits per heavy atom. The van der Waals surface area contributed by atoms with Gasteiger partial charge < -0.3 is 29.2 Å². The second kappa shape index (κ2) is 12.3. The van der Waals surface area contributed by atoms with Crippen LogP contribution in [-0.2, 0) is 9.47 Å². The van der Waals surface area contributed by atoms with Crippen molar-refractivity contribution in [3.05, 3.63) is 72.8 Å².